The van der Waals surface area contributed by atoms with Crippen molar-refractivity contribution in [3.63, 3.8) is 0 Å². The molecule has 0 spiro atoms. The Balaban J connectivity index is 2.48. The van der Waals surface area contributed by atoms with Gasteiger partial charge in [-0.05, 0) is 18.4 Å². The lowest BCUT2D eigenvalue weighted by Gasteiger charge is -2.20. The molecule has 0 aromatic carbocycles. The molecule has 2 rings (SSSR count). The molecule has 12 heavy (non-hydrogen) atoms. The van der Waals surface area contributed by atoms with E-state index in [1.54, 1.807) is 0 Å². The molecule has 1 N–H and O–H groups in total. The zero-order chi connectivity index (χ0) is 8.77. The lowest BCUT2D eigenvalue weighted by atomic mass is 9.82. The van der Waals surface area contributed by atoms with Gasteiger partial charge < -0.3 is 5.32 Å². The van der Waals surface area contributed by atoms with Crippen LogP contribution in [0.4, 0.5) is 0 Å². The Labute approximate surface area is 73.9 Å². The Morgan fingerprint density at radius 1 is 1.33 bits per heavy atom. The van der Waals surface area contributed by atoms with Gasteiger partial charge in [0.25, 0.3) is 0 Å². The fourth-order valence-corrected chi connectivity index (χ4v) is 1.87. The van der Waals surface area contributed by atoms with E-state index in [0.717, 1.165) is 12.1 Å². The van der Waals surface area contributed by atoms with Crippen LogP contribution in [0.25, 0.3) is 0 Å². The zero-order valence-electron chi connectivity index (χ0n) is 7.78. The molecule has 0 unspecified atom stereocenters. The second-order valence-corrected chi connectivity index (χ2v) is 4.04. The standard InChI is InChI=1S/C11H15N/c1-8-11(2,3)9-6-4-5-7-10(9)12-8/h6-7,12H,1,4-5H2,2-3H3. The van der Waals surface area contributed by atoms with Crippen LogP contribution in [0.3, 0.4) is 0 Å². The van der Waals surface area contributed by atoms with Gasteiger partial charge in [0.2, 0.25) is 0 Å². The van der Waals surface area contributed by atoms with Gasteiger partial charge in [0.1, 0.15) is 0 Å². The molecule has 0 aromatic heterocycles. The first-order valence-electron chi connectivity index (χ1n) is 4.50. The lowest BCUT2D eigenvalue weighted by molar-refractivity contribution is 0.566. The van der Waals surface area contributed by atoms with E-state index in [1.807, 2.05) is 0 Å². The SMILES string of the molecule is C=C1NC2=CCCC=C2C1(C)C. The second-order valence-electron chi connectivity index (χ2n) is 4.04. The van der Waals surface area contributed by atoms with Gasteiger partial charge in [-0.3, -0.25) is 0 Å². The summed E-state index contributed by atoms with van der Waals surface area (Å²) in [5, 5.41) is 3.34. The number of allylic oxidation sites excluding steroid dienone is 4. The van der Waals surface area contributed by atoms with Crippen molar-refractivity contribution in [3.8, 4) is 0 Å². The van der Waals surface area contributed by atoms with Gasteiger partial charge in [0.15, 0.2) is 0 Å². The molecule has 0 atom stereocenters. The van der Waals surface area contributed by atoms with Crippen LogP contribution in [0.2, 0.25) is 0 Å². The third-order valence-corrected chi connectivity index (χ3v) is 2.87. The summed E-state index contributed by atoms with van der Waals surface area (Å²) in [6, 6.07) is 0. The van der Waals surface area contributed by atoms with Crippen LogP contribution in [-0.2, 0) is 0 Å². The van der Waals surface area contributed by atoms with Crippen LogP contribution in [0.15, 0.2) is 35.7 Å². The second kappa shape index (κ2) is 2.25. The average molecular weight is 161 g/mol. The maximum Gasteiger partial charge on any atom is 0.0380 e. The first-order valence-corrected chi connectivity index (χ1v) is 4.50. The van der Waals surface area contributed by atoms with Crippen molar-refractivity contribution >= 4 is 0 Å². The smallest absolute Gasteiger partial charge is 0.0380 e. The van der Waals surface area contributed by atoms with Crippen LogP contribution in [-0.4, -0.2) is 0 Å². The summed E-state index contributed by atoms with van der Waals surface area (Å²) in [6.45, 7) is 8.48. The maximum absolute atomic E-state index is 4.04. The van der Waals surface area contributed by atoms with Gasteiger partial charge in [-0.15, -0.1) is 0 Å². The molecular formula is C11H15N. The molecule has 1 heteroatoms. The normalized spacial score (nSPS) is 25.7. The highest BCUT2D eigenvalue weighted by molar-refractivity contribution is 5.49. The van der Waals surface area contributed by atoms with Crippen molar-refractivity contribution in [3.05, 3.63) is 35.7 Å². The number of fused-ring (bicyclic) bond motifs is 1. The zero-order valence-corrected chi connectivity index (χ0v) is 7.78. The van der Waals surface area contributed by atoms with Gasteiger partial charge in [0.05, 0.1) is 0 Å². The van der Waals surface area contributed by atoms with Crippen LogP contribution >= 0.6 is 0 Å². The van der Waals surface area contributed by atoms with Crippen molar-refractivity contribution in [1.29, 1.82) is 0 Å². The van der Waals surface area contributed by atoms with E-state index in [2.05, 4.69) is 37.9 Å². The molecule has 0 radical (unpaired) electrons. The Bertz CT molecular complexity index is 292. The fraction of sp³-hybridized carbons (Fsp3) is 0.455. The monoisotopic (exact) mass is 161 g/mol. The molecule has 64 valence electrons. The first kappa shape index (κ1) is 7.66. The molecule has 1 aliphatic heterocycles. The van der Waals surface area contributed by atoms with Gasteiger partial charge >= 0.3 is 0 Å². The molecule has 0 aromatic rings. The summed E-state index contributed by atoms with van der Waals surface area (Å²) < 4.78 is 0. The van der Waals surface area contributed by atoms with Crippen LogP contribution in [0, 0.1) is 5.41 Å². The summed E-state index contributed by atoms with van der Waals surface area (Å²) in [7, 11) is 0. The molecular weight excluding hydrogens is 146 g/mol. The van der Waals surface area contributed by atoms with Gasteiger partial charge in [-0.1, -0.05) is 32.6 Å². The van der Waals surface area contributed by atoms with Crippen LogP contribution < -0.4 is 5.32 Å². The summed E-state index contributed by atoms with van der Waals surface area (Å²) in [5.74, 6) is 0. The lowest BCUT2D eigenvalue weighted by Crippen LogP contribution is -2.12. The van der Waals surface area contributed by atoms with Crippen molar-refractivity contribution in [2.45, 2.75) is 26.7 Å². The fourth-order valence-electron chi connectivity index (χ4n) is 1.87. The summed E-state index contributed by atoms with van der Waals surface area (Å²) in [5.41, 5.74) is 3.98. The highest BCUT2D eigenvalue weighted by Gasteiger charge is 2.36. The average Bonchev–Trinajstić information content (AvgIpc) is 2.25. The van der Waals surface area contributed by atoms with Crippen LogP contribution in [0.1, 0.15) is 26.7 Å². The number of nitrogens with one attached hydrogen (secondary N) is 1. The predicted molar refractivity (Wildman–Crippen MR) is 51.5 cm³/mol. The van der Waals surface area contributed by atoms with E-state index in [-0.39, 0.29) is 5.41 Å². The molecule has 1 heterocycles. The Morgan fingerprint density at radius 3 is 2.67 bits per heavy atom. The molecule has 1 aliphatic carbocycles. The van der Waals surface area contributed by atoms with Crippen molar-refractivity contribution in [2.75, 3.05) is 0 Å². The van der Waals surface area contributed by atoms with Crippen molar-refractivity contribution in [1.82, 2.24) is 5.32 Å². The number of hydrogen-bond donors (Lipinski definition) is 1. The topological polar surface area (TPSA) is 12.0 Å². The molecule has 0 amide bonds. The Kier molecular flexibility index (Phi) is 1.44. The van der Waals surface area contributed by atoms with Gasteiger partial charge in [-0.2, -0.15) is 0 Å². The third-order valence-electron chi connectivity index (χ3n) is 2.87. The Morgan fingerprint density at radius 2 is 2.00 bits per heavy atom. The predicted octanol–water partition coefficient (Wildman–Crippen LogP) is 2.73. The molecule has 1 fully saturated rings. The quantitative estimate of drug-likeness (QED) is 0.576. The van der Waals surface area contributed by atoms with E-state index in [4.69, 9.17) is 0 Å². The van der Waals surface area contributed by atoms with Gasteiger partial charge in [0, 0.05) is 16.8 Å². The molecule has 0 bridgehead atoms. The number of hydrogen-bond acceptors (Lipinski definition) is 1. The largest absolute Gasteiger partial charge is 0.359 e. The number of rotatable bonds is 0. The summed E-state index contributed by atoms with van der Waals surface area (Å²) in [6.07, 6.45) is 6.95. The van der Waals surface area contributed by atoms with E-state index in [0.29, 0.717) is 0 Å². The van der Waals surface area contributed by atoms with Crippen molar-refractivity contribution in [2.24, 2.45) is 5.41 Å². The maximum atomic E-state index is 4.04. The molecule has 0 saturated carbocycles. The minimum absolute atomic E-state index is 0.131. The minimum atomic E-state index is 0.131. The van der Waals surface area contributed by atoms with E-state index >= 15 is 0 Å². The molecule has 2 aliphatic rings. The minimum Gasteiger partial charge on any atom is -0.359 e. The van der Waals surface area contributed by atoms with E-state index < -0.39 is 0 Å². The van der Waals surface area contributed by atoms with E-state index in [1.165, 1.54) is 17.7 Å². The Hall–Kier alpha value is -0.980. The van der Waals surface area contributed by atoms with Crippen LogP contribution in [0.5, 0.6) is 0 Å². The first-order chi connectivity index (χ1) is 5.62. The molecule has 1 saturated heterocycles. The summed E-state index contributed by atoms with van der Waals surface area (Å²) >= 11 is 0. The highest BCUT2D eigenvalue weighted by atomic mass is 15.0. The van der Waals surface area contributed by atoms with Crippen molar-refractivity contribution < 1.29 is 0 Å². The highest BCUT2D eigenvalue weighted by Crippen LogP contribution is 2.44. The third kappa shape index (κ3) is 0.857. The van der Waals surface area contributed by atoms with E-state index in [9.17, 15) is 0 Å². The van der Waals surface area contributed by atoms with Gasteiger partial charge in [-0.25, -0.2) is 0 Å². The summed E-state index contributed by atoms with van der Waals surface area (Å²) in [4.78, 5) is 0. The molecule has 1 nitrogen and oxygen atoms in total.